The highest BCUT2D eigenvalue weighted by molar-refractivity contribution is 9.10. The molecular formula is C18H15BrN4O2. The van der Waals surface area contributed by atoms with Crippen LogP contribution < -0.4 is 15.4 Å². The number of carbonyl (C=O) groups is 1. The molecule has 1 amide bonds. The molecular weight excluding hydrogens is 384 g/mol. The molecule has 3 rings (SSSR count). The fourth-order valence-corrected chi connectivity index (χ4v) is 2.58. The number of hydrogen-bond acceptors (Lipinski definition) is 5. The second-order valence-electron chi connectivity index (χ2n) is 5.09. The molecule has 2 aromatic carbocycles. The van der Waals surface area contributed by atoms with Gasteiger partial charge in [0.2, 0.25) is 0 Å². The third kappa shape index (κ3) is 4.33. The summed E-state index contributed by atoms with van der Waals surface area (Å²) in [5.41, 5.74) is 1.39. The SMILES string of the molecule is COc1ccc(Nc2ccc(NC(=O)c3ccccc3Br)nn2)cc1. The van der Waals surface area contributed by atoms with Crippen LogP contribution >= 0.6 is 15.9 Å². The summed E-state index contributed by atoms with van der Waals surface area (Å²) >= 11 is 3.35. The van der Waals surface area contributed by atoms with E-state index in [1.807, 2.05) is 36.4 Å². The van der Waals surface area contributed by atoms with Crippen molar-refractivity contribution in [3.8, 4) is 5.75 Å². The van der Waals surface area contributed by atoms with Crippen LogP contribution in [-0.4, -0.2) is 23.2 Å². The molecule has 0 saturated carbocycles. The largest absolute Gasteiger partial charge is 0.497 e. The number of rotatable bonds is 5. The fraction of sp³-hybridized carbons (Fsp3) is 0.0556. The van der Waals surface area contributed by atoms with E-state index in [9.17, 15) is 4.79 Å². The van der Waals surface area contributed by atoms with E-state index in [-0.39, 0.29) is 5.91 Å². The predicted molar refractivity (Wildman–Crippen MR) is 100 cm³/mol. The minimum Gasteiger partial charge on any atom is -0.497 e. The van der Waals surface area contributed by atoms with Crippen molar-refractivity contribution in [2.75, 3.05) is 17.7 Å². The second-order valence-corrected chi connectivity index (χ2v) is 5.95. The number of carbonyl (C=O) groups excluding carboxylic acids is 1. The van der Waals surface area contributed by atoms with Crippen molar-refractivity contribution in [1.82, 2.24) is 10.2 Å². The lowest BCUT2D eigenvalue weighted by Crippen LogP contribution is -2.14. The maximum Gasteiger partial charge on any atom is 0.258 e. The molecule has 0 atom stereocenters. The first-order valence-electron chi connectivity index (χ1n) is 7.46. The molecule has 126 valence electrons. The van der Waals surface area contributed by atoms with E-state index in [1.54, 1.807) is 31.4 Å². The van der Waals surface area contributed by atoms with Gasteiger partial charge in [0.05, 0.1) is 12.7 Å². The van der Waals surface area contributed by atoms with E-state index in [1.165, 1.54) is 0 Å². The molecule has 25 heavy (non-hydrogen) atoms. The zero-order chi connectivity index (χ0) is 17.6. The first kappa shape index (κ1) is 16.9. The van der Waals surface area contributed by atoms with E-state index in [0.717, 1.165) is 15.9 Å². The van der Waals surface area contributed by atoms with Gasteiger partial charge in [0.25, 0.3) is 5.91 Å². The minimum absolute atomic E-state index is 0.252. The van der Waals surface area contributed by atoms with Gasteiger partial charge in [0, 0.05) is 10.2 Å². The van der Waals surface area contributed by atoms with Crippen molar-refractivity contribution in [2.24, 2.45) is 0 Å². The Labute approximate surface area is 153 Å². The third-order valence-corrected chi connectivity index (χ3v) is 4.08. The normalized spacial score (nSPS) is 10.2. The van der Waals surface area contributed by atoms with E-state index in [2.05, 4.69) is 36.8 Å². The number of halogens is 1. The van der Waals surface area contributed by atoms with Crippen molar-refractivity contribution in [2.45, 2.75) is 0 Å². The van der Waals surface area contributed by atoms with Crippen molar-refractivity contribution < 1.29 is 9.53 Å². The number of nitrogens with zero attached hydrogens (tertiary/aromatic N) is 2. The van der Waals surface area contributed by atoms with Crippen LogP contribution in [0.1, 0.15) is 10.4 Å². The standard InChI is InChI=1S/C18H15BrN4O2/c1-25-13-8-6-12(7-9-13)20-16-10-11-17(23-22-16)21-18(24)14-4-2-3-5-15(14)19/h2-11H,1H3,(H,20,22)(H,21,23,24). The first-order valence-corrected chi connectivity index (χ1v) is 8.26. The summed E-state index contributed by atoms with van der Waals surface area (Å²) in [5.74, 6) is 1.48. The molecule has 0 radical (unpaired) electrons. The number of aromatic nitrogens is 2. The molecule has 0 aliphatic rings. The number of methoxy groups -OCH3 is 1. The monoisotopic (exact) mass is 398 g/mol. The summed E-state index contributed by atoms with van der Waals surface area (Å²) in [6, 6.07) is 18.1. The highest BCUT2D eigenvalue weighted by Gasteiger charge is 2.10. The van der Waals surface area contributed by atoms with Crippen molar-refractivity contribution in [1.29, 1.82) is 0 Å². The number of benzene rings is 2. The molecule has 0 bridgehead atoms. The van der Waals surface area contributed by atoms with Crippen LogP contribution in [0.25, 0.3) is 0 Å². The lowest BCUT2D eigenvalue weighted by atomic mass is 10.2. The number of hydrogen-bond donors (Lipinski definition) is 2. The Balaban J connectivity index is 1.65. The Hall–Kier alpha value is -2.93. The van der Waals surface area contributed by atoms with Gasteiger partial charge < -0.3 is 15.4 Å². The van der Waals surface area contributed by atoms with Crippen LogP contribution in [0.3, 0.4) is 0 Å². The highest BCUT2D eigenvalue weighted by atomic mass is 79.9. The molecule has 0 aliphatic carbocycles. The van der Waals surface area contributed by atoms with Gasteiger partial charge in [-0.3, -0.25) is 4.79 Å². The van der Waals surface area contributed by atoms with Crippen LogP contribution in [0.2, 0.25) is 0 Å². The Morgan fingerprint density at radius 1 is 0.960 bits per heavy atom. The lowest BCUT2D eigenvalue weighted by Gasteiger charge is -2.08. The highest BCUT2D eigenvalue weighted by Crippen LogP contribution is 2.20. The lowest BCUT2D eigenvalue weighted by molar-refractivity contribution is 0.102. The summed E-state index contributed by atoms with van der Waals surface area (Å²) in [7, 11) is 1.62. The number of anilines is 3. The van der Waals surface area contributed by atoms with Crippen LogP contribution in [0, 0.1) is 0 Å². The van der Waals surface area contributed by atoms with Gasteiger partial charge >= 0.3 is 0 Å². The van der Waals surface area contributed by atoms with Gasteiger partial charge in [-0.15, -0.1) is 10.2 Å². The molecule has 0 saturated heterocycles. The van der Waals surface area contributed by atoms with Gasteiger partial charge in [0.15, 0.2) is 11.6 Å². The Bertz CT molecular complexity index is 867. The van der Waals surface area contributed by atoms with Gasteiger partial charge in [-0.05, 0) is 64.5 Å². The van der Waals surface area contributed by atoms with Gasteiger partial charge in [-0.2, -0.15) is 0 Å². The van der Waals surface area contributed by atoms with E-state index in [0.29, 0.717) is 17.2 Å². The van der Waals surface area contributed by atoms with Gasteiger partial charge in [-0.1, -0.05) is 12.1 Å². The third-order valence-electron chi connectivity index (χ3n) is 3.39. The average Bonchev–Trinajstić information content (AvgIpc) is 2.64. The maximum absolute atomic E-state index is 12.2. The molecule has 2 N–H and O–H groups in total. The number of nitrogens with one attached hydrogen (secondary N) is 2. The summed E-state index contributed by atoms with van der Waals surface area (Å²) in [6.07, 6.45) is 0. The van der Waals surface area contributed by atoms with E-state index < -0.39 is 0 Å². The minimum atomic E-state index is -0.252. The van der Waals surface area contributed by atoms with E-state index >= 15 is 0 Å². The molecule has 0 aliphatic heterocycles. The van der Waals surface area contributed by atoms with Crippen molar-refractivity contribution >= 4 is 39.2 Å². The zero-order valence-corrected chi connectivity index (χ0v) is 14.9. The molecule has 1 aromatic heterocycles. The molecule has 1 heterocycles. The van der Waals surface area contributed by atoms with Crippen LogP contribution in [0.4, 0.5) is 17.3 Å². The molecule has 3 aromatic rings. The van der Waals surface area contributed by atoms with Gasteiger partial charge in [0.1, 0.15) is 5.75 Å². The maximum atomic E-state index is 12.2. The van der Waals surface area contributed by atoms with Crippen LogP contribution in [-0.2, 0) is 0 Å². The molecule has 6 nitrogen and oxygen atoms in total. The molecule has 7 heteroatoms. The van der Waals surface area contributed by atoms with Gasteiger partial charge in [-0.25, -0.2) is 0 Å². The zero-order valence-electron chi connectivity index (χ0n) is 13.4. The molecule has 0 spiro atoms. The van der Waals surface area contributed by atoms with Crippen LogP contribution in [0.5, 0.6) is 5.75 Å². The fourth-order valence-electron chi connectivity index (χ4n) is 2.12. The first-order chi connectivity index (χ1) is 12.2. The quantitative estimate of drug-likeness (QED) is 0.671. The number of ether oxygens (including phenoxy) is 1. The Morgan fingerprint density at radius 2 is 1.64 bits per heavy atom. The summed E-state index contributed by atoms with van der Waals surface area (Å²) in [4.78, 5) is 12.2. The Morgan fingerprint density at radius 3 is 2.28 bits per heavy atom. The summed E-state index contributed by atoms with van der Waals surface area (Å²) in [5, 5.41) is 13.9. The van der Waals surface area contributed by atoms with Crippen molar-refractivity contribution in [3.05, 3.63) is 70.7 Å². The summed E-state index contributed by atoms with van der Waals surface area (Å²) in [6.45, 7) is 0. The smallest absolute Gasteiger partial charge is 0.258 e. The Kier molecular flexibility index (Phi) is 5.25. The topological polar surface area (TPSA) is 76.1 Å². The predicted octanol–water partition coefficient (Wildman–Crippen LogP) is 4.24. The van der Waals surface area contributed by atoms with Crippen molar-refractivity contribution in [3.63, 3.8) is 0 Å². The van der Waals surface area contributed by atoms with E-state index in [4.69, 9.17) is 4.74 Å². The molecule has 0 unspecified atom stereocenters. The average molecular weight is 399 g/mol. The molecule has 0 fully saturated rings. The van der Waals surface area contributed by atoms with Crippen LogP contribution in [0.15, 0.2) is 65.1 Å². The number of amides is 1. The summed E-state index contributed by atoms with van der Waals surface area (Å²) < 4.78 is 5.84. The second kappa shape index (κ2) is 7.76.